The van der Waals surface area contributed by atoms with Crippen LogP contribution < -0.4 is 19.6 Å². The van der Waals surface area contributed by atoms with Crippen LogP contribution in [0.3, 0.4) is 0 Å². The van der Waals surface area contributed by atoms with E-state index in [-0.39, 0.29) is 11.6 Å². The minimum absolute atomic E-state index is 0.00788. The van der Waals surface area contributed by atoms with Gasteiger partial charge in [0.2, 0.25) is 0 Å². The first-order chi connectivity index (χ1) is 19.5. The van der Waals surface area contributed by atoms with Crippen molar-refractivity contribution in [3.63, 3.8) is 0 Å². The molecule has 0 saturated heterocycles. The maximum atomic E-state index is 14.2. The Bertz CT molecular complexity index is 1990. The number of nitrogens with zero attached hydrogens (tertiary/aromatic N) is 3. The van der Waals surface area contributed by atoms with Crippen molar-refractivity contribution in [3.05, 3.63) is 144 Å². The van der Waals surface area contributed by atoms with Crippen LogP contribution >= 0.6 is 11.3 Å². The topological polar surface area (TPSA) is 48.5 Å². The number of aryl methyl sites for hydroxylation is 2. The second-order valence-electron chi connectivity index (χ2n) is 10.4. The van der Waals surface area contributed by atoms with Crippen molar-refractivity contribution < 1.29 is 4.74 Å². The fraction of sp³-hybridized carbons (Fsp3) is 0.176. The van der Waals surface area contributed by atoms with Crippen molar-refractivity contribution in [2.24, 2.45) is 4.99 Å². The largest absolute Gasteiger partial charge is 0.497 e. The lowest BCUT2D eigenvalue weighted by Gasteiger charge is -2.31. The minimum atomic E-state index is -0.228. The van der Waals surface area contributed by atoms with E-state index in [9.17, 15) is 4.79 Å². The lowest BCUT2D eigenvalue weighted by atomic mass is 9.83. The molecular weight excluding hydrogens is 514 g/mol. The Balaban J connectivity index is 1.45. The van der Waals surface area contributed by atoms with E-state index >= 15 is 0 Å². The van der Waals surface area contributed by atoms with Crippen molar-refractivity contribution in [2.45, 2.75) is 32.7 Å². The molecule has 1 aliphatic carbocycles. The third-order valence-corrected chi connectivity index (χ3v) is 9.04. The van der Waals surface area contributed by atoms with Gasteiger partial charge in [0.25, 0.3) is 5.56 Å². The summed E-state index contributed by atoms with van der Waals surface area (Å²) in [4.78, 5) is 20.1. The summed E-state index contributed by atoms with van der Waals surface area (Å²) in [5.74, 6) is 0.781. The Morgan fingerprint density at radius 3 is 2.58 bits per heavy atom. The van der Waals surface area contributed by atoms with Gasteiger partial charge in [0, 0.05) is 22.6 Å². The maximum absolute atomic E-state index is 14.2. The van der Waals surface area contributed by atoms with Gasteiger partial charge in [-0.25, -0.2) is 4.99 Å². The first-order valence-corrected chi connectivity index (χ1v) is 14.4. The van der Waals surface area contributed by atoms with Gasteiger partial charge in [0.05, 0.1) is 23.4 Å². The van der Waals surface area contributed by atoms with Crippen LogP contribution in [0.5, 0.6) is 5.75 Å². The van der Waals surface area contributed by atoms with Gasteiger partial charge in [-0.05, 0) is 85.4 Å². The van der Waals surface area contributed by atoms with Gasteiger partial charge in [-0.2, -0.15) is 0 Å². The lowest BCUT2D eigenvalue weighted by Crippen LogP contribution is -2.38. The van der Waals surface area contributed by atoms with Crippen LogP contribution in [0.2, 0.25) is 0 Å². The smallest absolute Gasteiger partial charge is 0.271 e. The number of allylic oxidation sites excluding steroid dienone is 1. The number of benzene rings is 3. The molecule has 7 rings (SSSR count). The van der Waals surface area contributed by atoms with Crippen LogP contribution in [0.15, 0.2) is 100 Å². The van der Waals surface area contributed by atoms with Gasteiger partial charge in [-0.1, -0.05) is 65.9 Å². The van der Waals surface area contributed by atoms with Gasteiger partial charge in [0.1, 0.15) is 5.75 Å². The summed E-state index contributed by atoms with van der Waals surface area (Å²) in [6.07, 6.45) is 3.82. The normalized spacial score (nSPS) is 16.3. The molecule has 0 radical (unpaired) electrons. The van der Waals surface area contributed by atoms with Crippen LogP contribution in [0.4, 0.5) is 0 Å². The molecule has 1 aliphatic heterocycles. The highest BCUT2D eigenvalue weighted by Gasteiger charge is 2.32. The number of hydrogen-bond acceptors (Lipinski definition) is 4. The van der Waals surface area contributed by atoms with Crippen molar-refractivity contribution in [1.82, 2.24) is 9.13 Å². The van der Waals surface area contributed by atoms with E-state index in [1.54, 1.807) is 7.11 Å². The molecule has 6 heteroatoms. The van der Waals surface area contributed by atoms with E-state index in [2.05, 4.69) is 66.9 Å². The Labute approximate surface area is 236 Å². The van der Waals surface area contributed by atoms with Crippen LogP contribution in [0, 0.1) is 13.8 Å². The quantitative estimate of drug-likeness (QED) is 0.291. The second-order valence-corrected chi connectivity index (χ2v) is 11.4. The number of para-hydroxylation sites is 1. The van der Waals surface area contributed by atoms with E-state index in [4.69, 9.17) is 9.73 Å². The zero-order chi connectivity index (χ0) is 27.4. The highest BCUT2D eigenvalue weighted by Crippen LogP contribution is 2.41. The molecule has 0 saturated carbocycles. The van der Waals surface area contributed by atoms with Crippen LogP contribution in [0.25, 0.3) is 17.5 Å². The van der Waals surface area contributed by atoms with Crippen molar-refractivity contribution in [3.8, 4) is 11.4 Å². The monoisotopic (exact) mass is 543 g/mol. The summed E-state index contributed by atoms with van der Waals surface area (Å²) in [6, 6.07) is 28.8. The zero-order valence-corrected chi connectivity index (χ0v) is 23.5. The molecule has 2 aliphatic rings. The van der Waals surface area contributed by atoms with E-state index < -0.39 is 0 Å². The standard InChI is InChI=1S/C34H29N3O2S/c1-21-18-25(22(2)36(21)26-12-5-4-6-13-26)20-30-33(38)37-32(24-11-9-14-27(19-24)39-3)29-17-16-23-10-7-8-15-28(23)31(29)35-34(37)40-30/h4-15,18-20,32H,16-17H2,1-3H3/b30-20+. The Kier molecular flexibility index (Phi) is 5.93. The summed E-state index contributed by atoms with van der Waals surface area (Å²) in [6.45, 7) is 4.21. The average Bonchev–Trinajstić information content (AvgIpc) is 3.45. The van der Waals surface area contributed by atoms with Crippen molar-refractivity contribution in [1.29, 1.82) is 0 Å². The molecule has 0 fully saturated rings. The molecule has 40 heavy (non-hydrogen) atoms. The second kappa shape index (κ2) is 9.65. The minimum Gasteiger partial charge on any atom is -0.497 e. The predicted octanol–water partition coefficient (Wildman–Crippen LogP) is 5.73. The fourth-order valence-electron chi connectivity index (χ4n) is 6.18. The summed E-state index contributed by atoms with van der Waals surface area (Å²) < 4.78 is 10.4. The Morgan fingerprint density at radius 2 is 1.75 bits per heavy atom. The third-order valence-electron chi connectivity index (χ3n) is 8.05. The predicted molar refractivity (Wildman–Crippen MR) is 161 cm³/mol. The number of methoxy groups -OCH3 is 1. The summed E-state index contributed by atoms with van der Waals surface area (Å²) >= 11 is 1.47. The van der Waals surface area contributed by atoms with E-state index in [1.165, 1.54) is 28.0 Å². The number of fused-ring (bicyclic) bond motifs is 3. The molecule has 1 unspecified atom stereocenters. The highest BCUT2D eigenvalue weighted by atomic mass is 32.1. The molecule has 0 N–H and O–H groups in total. The summed E-state index contributed by atoms with van der Waals surface area (Å²) in [7, 11) is 1.68. The number of rotatable bonds is 4. The number of thiazole rings is 1. The molecule has 0 spiro atoms. The molecule has 5 nitrogen and oxygen atoms in total. The van der Waals surface area contributed by atoms with E-state index in [0.717, 1.165) is 57.3 Å². The number of ether oxygens (including phenoxy) is 1. The molecule has 198 valence electrons. The molecule has 1 atom stereocenters. The van der Waals surface area contributed by atoms with Crippen LogP contribution in [-0.2, 0) is 6.42 Å². The van der Waals surface area contributed by atoms with Crippen LogP contribution in [-0.4, -0.2) is 16.2 Å². The Hall–Kier alpha value is -4.42. The highest BCUT2D eigenvalue weighted by molar-refractivity contribution is 7.07. The summed E-state index contributed by atoms with van der Waals surface area (Å²) in [5.41, 5.74) is 10.1. The first kappa shape index (κ1) is 24.6. The molecule has 0 bridgehead atoms. The Morgan fingerprint density at radius 1 is 0.950 bits per heavy atom. The molecule has 3 heterocycles. The van der Waals surface area contributed by atoms with Gasteiger partial charge in [-0.3, -0.25) is 9.36 Å². The lowest BCUT2D eigenvalue weighted by molar-refractivity contribution is 0.413. The van der Waals surface area contributed by atoms with Crippen molar-refractivity contribution >= 4 is 23.1 Å². The molecule has 5 aromatic rings. The maximum Gasteiger partial charge on any atom is 0.271 e. The van der Waals surface area contributed by atoms with Crippen LogP contribution in [0.1, 0.15) is 46.1 Å². The number of hydrogen-bond donors (Lipinski definition) is 0. The van der Waals surface area contributed by atoms with Gasteiger partial charge in [-0.15, -0.1) is 0 Å². The zero-order valence-electron chi connectivity index (χ0n) is 22.7. The van der Waals surface area contributed by atoms with E-state index in [1.807, 2.05) is 47.0 Å². The van der Waals surface area contributed by atoms with E-state index in [0.29, 0.717) is 4.53 Å². The van der Waals surface area contributed by atoms with Gasteiger partial charge < -0.3 is 9.30 Å². The fourth-order valence-corrected chi connectivity index (χ4v) is 7.18. The molecular formula is C34H29N3O2S. The third kappa shape index (κ3) is 3.90. The van der Waals surface area contributed by atoms with Crippen molar-refractivity contribution in [2.75, 3.05) is 7.11 Å². The average molecular weight is 544 g/mol. The first-order valence-electron chi connectivity index (χ1n) is 13.5. The molecule has 2 aromatic heterocycles. The van der Waals surface area contributed by atoms with Gasteiger partial charge >= 0.3 is 0 Å². The summed E-state index contributed by atoms with van der Waals surface area (Å²) in [5, 5.41) is 0. The van der Waals surface area contributed by atoms with Gasteiger partial charge in [0.15, 0.2) is 4.80 Å². The molecule has 3 aromatic carbocycles. The number of aromatic nitrogens is 2. The molecule has 0 amide bonds. The SMILES string of the molecule is COc1cccc(C2C3=C(N=c4s/c(=C/c5cc(C)n(-c6ccccc6)c5C)c(=O)n42)c2ccccc2CC3)c1.